The van der Waals surface area contributed by atoms with Crippen molar-refractivity contribution in [3.63, 3.8) is 0 Å². The lowest BCUT2D eigenvalue weighted by Crippen LogP contribution is -2.42. The quantitative estimate of drug-likeness (QED) is 0.740. The molecule has 1 heterocycles. The van der Waals surface area contributed by atoms with E-state index in [4.69, 9.17) is 16.3 Å². The number of hydrogen-bond acceptors (Lipinski definition) is 5. The number of carbonyl (C=O) groups excluding carboxylic acids is 3. The third-order valence-corrected chi connectivity index (χ3v) is 3.85. The summed E-state index contributed by atoms with van der Waals surface area (Å²) >= 11 is 5.73. The first kappa shape index (κ1) is 20.4. The minimum atomic E-state index is -1.06. The molecular formula is C19H20ClN3O4. The lowest BCUT2D eigenvalue weighted by atomic mass is 10.1. The summed E-state index contributed by atoms with van der Waals surface area (Å²) in [7, 11) is 0. The molecule has 142 valence electrons. The number of nitrogens with zero attached hydrogens (tertiary/aromatic N) is 1. The van der Waals surface area contributed by atoms with Gasteiger partial charge in [-0.2, -0.15) is 0 Å². The Balaban J connectivity index is 1.88. The molecule has 2 rings (SSSR count). The smallest absolute Gasteiger partial charge is 0.329 e. The van der Waals surface area contributed by atoms with E-state index in [0.717, 1.165) is 5.56 Å². The molecule has 2 N–H and O–H groups in total. The van der Waals surface area contributed by atoms with Gasteiger partial charge in [0.2, 0.25) is 0 Å². The highest BCUT2D eigenvalue weighted by Crippen LogP contribution is 2.10. The van der Waals surface area contributed by atoms with E-state index in [0.29, 0.717) is 10.6 Å². The minimum Gasteiger partial charge on any atom is -0.451 e. The molecule has 1 unspecified atom stereocenters. The maximum absolute atomic E-state index is 12.2. The van der Waals surface area contributed by atoms with Gasteiger partial charge in [-0.15, -0.1) is 0 Å². The lowest BCUT2D eigenvalue weighted by molar-refractivity contribution is -0.154. The third-order valence-electron chi connectivity index (χ3n) is 3.62. The molecule has 0 aliphatic heterocycles. The van der Waals surface area contributed by atoms with Crippen LogP contribution in [0.2, 0.25) is 5.02 Å². The predicted molar refractivity (Wildman–Crippen MR) is 102 cm³/mol. The first-order valence-corrected chi connectivity index (χ1v) is 8.64. The van der Waals surface area contributed by atoms with Crippen molar-refractivity contribution in [3.05, 3.63) is 58.7 Å². The molecule has 8 heteroatoms. The molecular weight excluding hydrogens is 370 g/mol. The van der Waals surface area contributed by atoms with E-state index in [1.54, 1.807) is 24.3 Å². The first-order valence-electron chi connectivity index (χ1n) is 8.26. The van der Waals surface area contributed by atoms with Crippen LogP contribution >= 0.6 is 11.6 Å². The zero-order valence-corrected chi connectivity index (χ0v) is 15.9. The van der Waals surface area contributed by atoms with Crippen molar-refractivity contribution in [1.29, 1.82) is 0 Å². The van der Waals surface area contributed by atoms with Crippen molar-refractivity contribution < 1.29 is 19.1 Å². The van der Waals surface area contributed by atoms with Gasteiger partial charge in [0.25, 0.3) is 11.8 Å². The second-order valence-corrected chi connectivity index (χ2v) is 6.43. The molecule has 0 aliphatic carbocycles. The Morgan fingerprint density at radius 1 is 1.15 bits per heavy atom. The predicted octanol–water partition coefficient (Wildman–Crippen LogP) is 2.73. The van der Waals surface area contributed by atoms with Crippen molar-refractivity contribution in [3.8, 4) is 0 Å². The average molecular weight is 390 g/mol. The van der Waals surface area contributed by atoms with Crippen molar-refractivity contribution in [2.24, 2.45) is 0 Å². The van der Waals surface area contributed by atoms with Gasteiger partial charge in [0.15, 0.2) is 6.10 Å². The second-order valence-electron chi connectivity index (χ2n) is 5.99. The van der Waals surface area contributed by atoms with Crippen molar-refractivity contribution in [2.45, 2.75) is 32.9 Å². The van der Waals surface area contributed by atoms with E-state index in [1.807, 2.05) is 13.0 Å². The summed E-state index contributed by atoms with van der Waals surface area (Å²) in [4.78, 5) is 40.3. The van der Waals surface area contributed by atoms with E-state index in [1.165, 1.54) is 26.1 Å². The van der Waals surface area contributed by atoms with Crippen LogP contribution in [-0.2, 0) is 14.3 Å². The number of carbonyl (C=O) groups is 3. The summed E-state index contributed by atoms with van der Waals surface area (Å²) in [5.41, 5.74) is 1.37. The SMILES string of the molecule is Cc1cccc(C(=O)N[C@@H](C)C(=O)OC(C)C(=O)Nc2ccc(Cl)cn2)c1. The number of anilines is 1. The van der Waals surface area contributed by atoms with Crippen LogP contribution < -0.4 is 10.6 Å². The molecule has 2 amide bonds. The van der Waals surface area contributed by atoms with Gasteiger partial charge in [-0.25, -0.2) is 9.78 Å². The number of ether oxygens (including phenoxy) is 1. The van der Waals surface area contributed by atoms with Crippen molar-refractivity contribution in [1.82, 2.24) is 10.3 Å². The highest BCUT2D eigenvalue weighted by atomic mass is 35.5. The number of pyridine rings is 1. The molecule has 0 aliphatic rings. The fourth-order valence-corrected chi connectivity index (χ4v) is 2.24. The highest BCUT2D eigenvalue weighted by Gasteiger charge is 2.23. The topological polar surface area (TPSA) is 97.4 Å². The molecule has 0 saturated heterocycles. The largest absolute Gasteiger partial charge is 0.451 e. The zero-order chi connectivity index (χ0) is 20.0. The fourth-order valence-electron chi connectivity index (χ4n) is 2.13. The zero-order valence-electron chi connectivity index (χ0n) is 15.2. The number of halogens is 1. The minimum absolute atomic E-state index is 0.285. The van der Waals surface area contributed by atoms with Gasteiger partial charge in [0, 0.05) is 11.8 Å². The van der Waals surface area contributed by atoms with E-state index in [-0.39, 0.29) is 5.82 Å². The molecule has 2 aromatic rings. The van der Waals surface area contributed by atoms with E-state index in [2.05, 4.69) is 15.6 Å². The number of benzene rings is 1. The maximum atomic E-state index is 12.2. The normalized spacial score (nSPS) is 12.6. The van der Waals surface area contributed by atoms with Crippen LogP contribution in [0.1, 0.15) is 29.8 Å². The van der Waals surface area contributed by atoms with Crippen LogP contribution in [0.3, 0.4) is 0 Å². The van der Waals surface area contributed by atoms with Crippen LogP contribution in [0, 0.1) is 6.92 Å². The van der Waals surface area contributed by atoms with E-state index in [9.17, 15) is 14.4 Å². The van der Waals surface area contributed by atoms with Crippen LogP contribution in [0.4, 0.5) is 5.82 Å². The second kappa shape index (κ2) is 9.14. The number of nitrogens with one attached hydrogen (secondary N) is 2. The van der Waals surface area contributed by atoms with Crippen LogP contribution in [0.25, 0.3) is 0 Å². The number of rotatable bonds is 6. The third kappa shape index (κ3) is 6.07. The summed E-state index contributed by atoms with van der Waals surface area (Å²) in [6, 6.07) is 9.16. The van der Waals surface area contributed by atoms with Crippen LogP contribution in [0.15, 0.2) is 42.6 Å². The number of amides is 2. The molecule has 0 fully saturated rings. The lowest BCUT2D eigenvalue weighted by Gasteiger charge is -2.17. The van der Waals surface area contributed by atoms with Crippen LogP contribution in [0.5, 0.6) is 0 Å². The maximum Gasteiger partial charge on any atom is 0.329 e. The average Bonchev–Trinajstić information content (AvgIpc) is 2.63. The van der Waals surface area contributed by atoms with Gasteiger partial charge >= 0.3 is 5.97 Å². The molecule has 1 aromatic heterocycles. The molecule has 0 saturated carbocycles. The number of aryl methyl sites for hydroxylation is 1. The number of aromatic nitrogens is 1. The van der Waals surface area contributed by atoms with Gasteiger partial charge in [-0.3, -0.25) is 9.59 Å². The first-order chi connectivity index (χ1) is 12.8. The molecule has 7 nitrogen and oxygen atoms in total. The Kier molecular flexibility index (Phi) is 6.90. The Bertz CT molecular complexity index is 839. The number of hydrogen-bond donors (Lipinski definition) is 2. The van der Waals surface area contributed by atoms with Gasteiger partial charge < -0.3 is 15.4 Å². The van der Waals surface area contributed by atoms with Crippen molar-refractivity contribution >= 4 is 35.2 Å². The highest BCUT2D eigenvalue weighted by molar-refractivity contribution is 6.30. The molecule has 0 radical (unpaired) electrons. The van der Waals surface area contributed by atoms with Gasteiger partial charge in [0.1, 0.15) is 11.9 Å². The molecule has 0 bridgehead atoms. The summed E-state index contributed by atoms with van der Waals surface area (Å²) < 4.78 is 5.11. The van der Waals surface area contributed by atoms with Crippen LogP contribution in [-0.4, -0.2) is 34.9 Å². The summed E-state index contributed by atoms with van der Waals surface area (Å²) in [5.74, 6) is -1.38. The number of esters is 1. The standard InChI is InChI=1S/C19H20ClN3O4/c1-11-5-4-6-14(9-11)18(25)22-12(2)19(26)27-13(3)17(24)23-16-8-7-15(20)10-21-16/h4-10,12-13H,1-3H3,(H,22,25)(H,21,23,24)/t12-,13?/m0/s1. The monoisotopic (exact) mass is 389 g/mol. The van der Waals surface area contributed by atoms with Gasteiger partial charge in [-0.1, -0.05) is 29.3 Å². The van der Waals surface area contributed by atoms with Gasteiger partial charge in [0.05, 0.1) is 5.02 Å². The van der Waals surface area contributed by atoms with E-state index >= 15 is 0 Å². The van der Waals surface area contributed by atoms with E-state index < -0.39 is 29.9 Å². The molecule has 27 heavy (non-hydrogen) atoms. The van der Waals surface area contributed by atoms with Gasteiger partial charge in [-0.05, 0) is 45.0 Å². The Labute approximate surface area is 162 Å². The Hall–Kier alpha value is -2.93. The molecule has 0 spiro atoms. The molecule has 1 aromatic carbocycles. The fraction of sp³-hybridized carbons (Fsp3) is 0.263. The summed E-state index contributed by atoms with van der Waals surface area (Å²) in [5, 5.41) is 5.50. The Morgan fingerprint density at radius 3 is 2.52 bits per heavy atom. The summed E-state index contributed by atoms with van der Waals surface area (Å²) in [6.07, 6.45) is 0.324. The summed E-state index contributed by atoms with van der Waals surface area (Å²) in [6.45, 7) is 4.78. The van der Waals surface area contributed by atoms with Crippen molar-refractivity contribution in [2.75, 3.05) is 5.32 Å². The molecule has 2 atom stereocenters. The Morgan fingerprint density at radius 2 is 1.89 bits per heavy atom.